The number of rotatable bonds is 7. The Morgan fingerprint density at radius 3 is 2.75 bits per heavy atom. The Hall–Kier alpha value is -3.26. The molecule has 0 aliphatic carbocycles. The first-order valence-corrected chi connectivity index (χ1v) is 8.80. The lowest BCUT2D eigenvalue weighted by atomic mass is 10.2. The molecule has 9 heteroatoms. The molecule has 0 atom stereocenters. The van der Waals surface area contributed by atoms with E-state index in [4.69, 9.17) is 31.3 Å². The Balaban J connectivity index is 1.57. The van der Waals surface area contributed by atoms with Gasteiger partial charge in [-0.2, -0.15) is 4.98 Å². The molecule has 0 aliphatic heterocycles. The Labute approximate surface area is 167 Å². The molecule has 0 saturated heterocycles. The van der Waals surface area contributed by atoms with E-state index in [1.165, 1.54) is 0 Å². The number of methoxy groups -OCH3 is 2. The van der Waals surface area contributed by atoms with Gasteiger partial charge in [0, 0.05) is 10.6 Å². The van der Waals surface area contributed by atoms with Gasteiger partial charge < -0.3 is 25.0 Å². The van der Waals surface area contributed by atoms with Crippen LogP contribution in [-0.4, -0.2) is 30.3 Å². The van der Waals surface area contributed by atoms with Crippen LogP contribution in [-0.2, 0) is 13.1 Å². The van der Waals surface area contributed by atoms with Gasteiger partial charge in [0.25, 0.3) is 0 Å². The summed E-state index contributed by atoms with van der Waals surface area (Å²) >= 11 is 5.98. The van der Waals surface area contributed by atoms with E-state index in [0.717, 1.165) is 11.1 Å². The van der Waals surface area contributed by atoms with Gasteiger partial charge in [0.15, 0.2) is 17.5 Å². The fourth-order valence-corrected chi connectivity index (χ4v) is 2.64. The molecule has 8 nitrogen and oxygen atoms in total. The molecule has 0 bridgehead atoms. The molecule has 0 amide bonds. The maximum atomic E-state index is 5.98. The van der Waals surface area contributed by atoms with Crippen LogP contribution in [0.4, 0.5) is 0 Å². The van der Waals surface area contributed by atoms with Crippen molar-refractivity contribution < 1.29 is 14.0 Å². The fourth-order valence-electron chi connectivity index (χ4n) is 2.45. The minimum atomic E-state index is 0.259. The monoisotopic (exact) mass is 401 g/mol. The third kappa shape index (κ3) is 4.92. The predicted octanol–water partition coefficient (Wildman–Crippen LogP) is 3.01. The molecule has 0 aliphatic rings. The third-order valence-electron chi connectivity index (χ3n) is 3.85. The predicted molar refractivity (Wildman–Crippen MR) is 106 cm³/mol. The van der Waals surface area contributed by atoms with Crippen LogP contribution in [0.15, 0.2) is 52.0 Å². The molecule has 3 aromatic rings. The van der Waals surface area contributed by atoms with Gasteiger partial charge in [-0.15, -0.1) is 0 Å². The highest BCUT2D eigenvalue weighted by Crippen LogP contribution is 2.27. The lowest BCUT2D eigenvalue weighted by molar-refractivity contribution is 0.354. The van der Waals surface area contributed by atoms with E-state index in [2.05, 4.69) is 20.4 Å². The SMILES string of the molecule is COc1ccc(CN=C(N)NCc2nc(-c3cccc(Cl)c3)no2)cc1OC. The van der Waals surface area contributed by atoms with Gasteiger partial charge in [0.1, 0.15) is 0 Å². The van der Waals surface area contributed by atoms with Gasteiger partial charge in [-0.05, 0) is 29.8 Å². The van der Waals surface area contributed by atoms with Crippen LogP contribution in [0.1, 0.15) is 11.5 Å². The van der Waals surface area contributed by atoms with E-state index in [0.29, 0.717) is 34.8 Å². The molecular weight excluding hydrogens is 382 g/mol. The molecule has 3 rings (SSSR count). The van der Waals surface area contributed by atoms with Gasteiger partial charge in [0.05, 0.1) is 27.3 Å². The summed E-state index contributed by atoms with van der Waals surface area (Å²) in [5.74, 6) is 2.41. The first-order chi connectivity index (χ1) is 13.6. The zero-order valence-electron chi connectivity index (χ0n) is 15.5. The van der Waals surface area contributed by atoms with Crippen LogP contribution in [0, 0.1) is 0 Å². The lowest BCUT2D eigenvalue weighted by Crippen LogP contribution is -2.31. The summed E-state index contributed by atoms with van der Waals surface area (Å²) in [5.41, 5.74) is 7.62. The summed E-state index contributed by atoms with van der Waals surface area (Å²) in [6.45, 7) is 0.644. The molecule has 0 fully saturated rings. The number of benzene rings is 2. The van der Waals surface area contributed by atoms with Crippen LogP contribution < -0.4 is 20.5 Å². The summed E-state index contributed by atoms with van der Waals surface area (Å²) in [5, 5.41) is 7.49. The molecular formula is C19H20ClN5O3. The molecule has 3 N–H and O–H groups in total. The summed E-state index contributed by atoms with van der Waals surface area (Å²) in [6.07, 6.45) is 0. The zero-order chi connectivity index (χ0) is 19.9. The molecule has 0 spiro atoms. The van der Waals surface area contributed by atoms with Crippen LogP contribution in [0.5, 0.6) is 11.5 Å². The second kappa shape index (κ2) is 9.09. The molecule has 1 aromatic heterocycles. The Morgan fingerprint density at radius 1 is 1.18 bits per heavy atom. The van der Waals surface area contributed by atoms with Crippen LogP contribution in [0.3, 0.4) is 0 Å². The lowest BCUT2D eigenvalue weighted by Gasteiger charge is -2.08. The number of nitrogens with zero attached hydrogens (tertiary/aromatic N) is 3. The summed E-state index contributed by atoms with van der Waals surface area (Å²) in [4.78, 5) is 8.61. The van der Waals surface area contributed by atoms with Gasteiger partial charge in [-0.1, -0.05) is 35.0 Å². The number of aromatic nitrogens is 2. The minimum absolute atomic E-state index is 0.259. The smallest absolute Gasteiger partial charge is 0.246 e. The standard InChI is InChI=1S/C19H20ClN5O3/c1-26-15-7-6-12(8-16(15)27-2)10-22-19(21)23-11-17-24-18(25-28-17)13-4-3-5-14(20)9-13/h3-9H,10-11H2,1-2H3,(H3,21,22,23). The number of hydrogen-bond acceptors (Lipinski definition) is 6. The number of halogens is 1. The molecule has 2 aromatic carbocycles. The second-order valence-corrected chi connectivity index (χ2v) is 6.20. The highest BCUT2D eigenvalue weighted by Gasteiger charge is 2.09. The quantitative estimate of drug-likeness (QED) is 0.462. The first kappa shape index (κ1) is 19.5. The summed E-state index contributed by atoms with van der Waals surface area (Å²) in [7, 11) is 3.18. The molecule has 0 saturated carbocycles. The highest BCUT2D eigenvalue weighted by molar-refractivity contribution is 6.30. The van der Waals surface area contributed by atoms with Crippen molar-refractivity contribution in [2.24, 2.45) is 10.7 Å². The van der Waals surface area contributed by atoms with Crippen molar-refractivity contribution in [1.29, 1.82) is 0 Å². The van der Waals surface area contributed by atoms with Crippen molar-refractivity contribution in [2.45, 2.75) is 13.1 Å². The Kier molecular flexibility index (Phi) is 6.33. The number of aliphatic imine (C=N–C) groups is 1. The topological polar surface area (TPSA) is 108 Å². The van der Waals surface area contributed by atoms with Gasteiger partial charge in [0.2, 0.25) is 11.7 Å². The normalized spacial score (nSPS) is 11.3. The molecule has 28 heavy (non-hydrogen) atoms. The van der Waals surface area contributed by atoms with Crippen molar-refractivity contribution in [2.75, 3.05) is 14.2 Å². The van der Waals surface area contributed by atoms with E-state index < -0.39 is 0 Å². The maximum absolute atomic E-state index is 5.98. The average Bonchev–Trinajstić information content (AvgIpc) is 3.19. The van der Waals surface area contributed by atoms with E-state index in [-0.39, 0.29) is 12.5 Å². The number of ether oxygens (including phenoxy) is 2. The van der Waals surface area contributed by atoms with E-state index in [1.54, 1.807) is 26.4 Å². The van der Waals surface area contributed by atoms with Crippen LogP contribution in [0.2, 0.25) is 5.02 Å². The van der Waals surface area contributed by atoms with E-state index in [9.17, 15) is 0 Å². The summed E-state index contributed by atoms with van der Waals surface area (Å²) < 4.78 is 15.7. The first-order valence-electron chi connectivity index (χ1n) is 8.42. The molecule has 146 valence electrons. The van der Waals surface area contributed by atoms with Crippen molar-refractivity contribution >= 4 is 17.6 Å². The number of nitrogens with two attached hydrogens (primary N) is 1. The van der Waals surface area contributed by atoms with Gasteiger partial charge in [-0.3, -0.25) is 0 Å². The van der Waals surface area contributed by atoms with Gasteiger partial charge in [-0.25, -0.2) is 4.99 Å². The molecule has 1 heterocycles. The van der Waals surface area contributed by atoms with Crippen molar-refractivity contribution in [3.63, 3.8) is 0 Å². The number of guanidine groups is 1. The average molecular weight is 402 g/mol. The summed E-state index contributed by atoms with van der Waals surface area (Å²) in [6, 6.07) is 12.8. The Bertz CT molecular complexity index is 974. The fraction of sp³-hybridized carbons (Fsp3) is 0.211. The largest absolute Gasteiger partial charge is 0.493 e. The van der Waals surface area contributed by atoms with Gasteiger partial charge >= 0.3 is 0 Å². The molecule has 0 unspecified atom stereocenters. The van der Waals surface area contributed by atoms with Crippen LogP contribution in [0.25, 0.3) is 11.4 Å². The highest BCUT2D eigenvalue weighted by atomic mass is 35.5. The van der Waals surface area contributed by atoms with E-state index >= 15 is 0 Å². The zero-order valence-corrected chi connectivity index (χ0v) is 16.2. The van der Waals surface area contributed by atoms with Crippen molar-refractivity contribution in [3.05, 3.63) is 58.9 Å². The number of nitrogens with one attached hydrogen (secondary N) is 1. The van der Waals surface area contributed by atoms with Crippen molar-refractivity contribution in [1.82, 2.24) is 15.5 Å². The number of hydrogen-bond donors (Lipinski definition) is 2. The van der Waals surface area contributed by atoms with Crippen molar-refractivity contribution in [3.8, 4) is 22.9 Å². The minimum Gasteiger partial charge on any atom is -0.493 e. The Morgan fingerprint density at radius 2 is 2.00 bits per heavy atom. The van der Waals surface area contributed by atoms with E-state index in [1.807, 2.05) is 30.3 Å². The maximum Gasteiger partial charge on any atom is 0.246 e. The second-order valence-electron chi connectivity index (χ2n) is 5.77. The third-order valence-corrected chi connectivity index (χ3v) is 4.09. The molecule has 0 radical (unpaired) electrons. The van der Waals surface area contributed by atoms with Crippen LogP contribution >= 0.6 is 11.6 Å².